The lowest BCUT2D eigenvalue weighted by Gasteiger charge is -2.11. The van der Waals surface area contributed by atoms with Crippen molar-refractivity contribution in [2.45, 2.75) is 11.8 Å². The maximum Gasteiger partial charge on any atom is 0.254 e. The summed E-state index contributed by atoms with van der Waals surface area (Å²) in [5.41, 5.74) is 1.73. The summed E-state index contributed by atoms with van der Waals surface area (Å²) in [6, 6.07) is 11.6. The Morgan fingerprint density at radius 3 is 2.67 bits per heavy atom. The van der Waals surface area contributed by atoms with Gasteiger partial charge in [0, 0.05) is 6.54 Å². The summed E-state index contributed by atoms with van der Waals surface area (Å²) < 4.78 is 5.10. The Kier molecular flexibility index (Phi) is 4.20. The van der Waals surface area contributed by atoms with Crippen molar-refractivity contribution in [1.29, 1.82) is 0 Å². The molecule has 0 aliphatic rings. The number of rotatable bonds is 4. The van der Waals surface area contributed by atoms with E-state index >= 15 is 0 Å². The number of carbonyl (C=O) groups is 1. The molecule has 3 nitrogen and oxygen atoms in total. The molecule has 0 bridgehead atoms. The van der Waals surface area contributed by atoms with Gasteiger partial charge >= 0.3 is 0 Å². The molecule has 0 aliphatic carbocycles. The molecule has 2 aromatic rings. The maximum atomic E-state index is 11.9. The standard InChI is InChI=1S/C14H14BrNO2/c1-10-12(7-8-18-10)14(17)16-9-13(15)11-5-3-2-4-6-11/h2-8,13H,9H2,1H3,(H,16,17). The zero-order valence-electron chi connectivity index (χ0n) is 10.0. The van der Waals surface area contributed by atoms with Crippen LogP contribution in [0.3, 0.4) is 0 Å². The van der Waals surface area contributed by atoms with Gasteiger partial charge in [0.1, 0.15) is 5.76 Å². The summed E-state index contributed by atoms with van der Waals surface area (Å²) >= 11 is 3.56. The molecular formula is C14H14BrNO2. The smallest absolute Gasteiger partial charge is 0.254 e. The predicted molar refractivity (Wildman–Crippen MR) is 73.9 cm³/mol. The fraction of sp³-hybridized carbons (Fsp3) is 0.214. The second kappa shape index (κ2) is 5.87. The lowest BCUT2D eigenvalue weighted by Crippen LogP contribution is -2.26. The number of nitrogens with one attached hydrogen (secondary N) is 1. The van der Waals surface area contributed by atoms with E-state index in [9.17, 15) is 4.79 Å². The zero-order valence-corrected chi connectivity index (χ0v) is 11.6. The highest BCUT2D eigenvalue weighted by molar-refractivity contribution is 9.09. The van der Waals surface area contributed by atoms with Crippen LogP contribution in [0.2, 0.25) is 0 Å². The Hall–Kier alpha value is -1.55. The van der Waals surface area contributed by atoms with E-state index in [0.717, 1.165) is 5.56 Å². The molecule has 0 fully saturated rings. The average molecular weight is 308 g/mol. The number of furan rings is 1. The van der Waals surface area contributed by atoms with Crippen LogP contribution in [0.4, 0.5) is 0 Å². The van der Waals surface area contributed by atoms with E-state index in [1.54, 1.807) is 13.0 Å². The first-order chi connectivity index (χ1) is 8.68. The Labute approximate surface area is 114 Å². The summed E-state index contributed by atoms with van der Waals surface area (Å²) in [6.45, 7) is 2.31. The van der Waals surface area contributed by atoms with Crippen molar-refractivity contribution in [3.8, 4) is 0 Å². The third-order valence-corrected chi connectivity index (χ3v) is 3.56. The van der Waals surface area contributed by atoms with Crippen molar-refractivity contribution in [1.82, 2.24) is 5.32 Å². The van der Waals surface area contributed by atoms with Crippen molar-refractivity contribution in [2.24, 2.45) is 0 Å². The van der Waals surface area contributed by atoms with E-state index in [-0.39, 0.29) is 10.7 Å². The fourth-order valence-corrected chi connectivity index (χ4v) is 2.14. The lowest BCUT2D eigenvalue weighted by molar-refractivity contribution is 0.0952. The summed E-state index contributed by atoms with van der Waals surface area (Å²) in [7, 11) is 0. The van der Waals surface area contributed by atoms with Crippen molar-refractivity contribution in [3.05, 3.63) is 59.5 Å². The lowest BCUT2D eigenvalue weighted by atomic mass is 10.1. The van der Waals surface area contributed by atoms with Crippen LogP contribution in [0.1, 0.15) is 26.5 Å². The van der Waals surface area contributed by atoms with Crippen LogP contribution in [-0.2, 0) is 0 Å². The van der Waals surface area contributed by atoms with Crippen LogP contribution in [0, 0.1) is 6.92 Å². The molecule has 0 radical (unpaired) electrons. The normalized spacial score (nSPS) is 12.1. The number of halogens is 1. The summed E-state index contributed by atoms with van der Waals surface area (Å²) in [5.74, 6) is 0.528. The first-order valence-corrected chi connectivity index (χ1v) is 6.61. The second-order valence-electron chi connectivity index (χ2n) is 3.98. The quantitative estimate of drug-likeness (QED) is 0.879. The molecule has 18 heavy (non-hydrogen) atoms. The van der Waals surface area contributed by atoms with Crippen LogP contribution in [0.15, 0.2) is 47.1 Å². The van der Waals surface area contributed by atoms with Crippen LogP contribution < -0.4 is 5.32 Å². The van der Waals surface area contributed by atoms with Crippen molar-refractivity contribution < 1.29 is 9.21 Å². The van der Waals surface area contributed by atoms with Gasteiger partial charge in [-0.25, -0.2) is 0 Å². The van der Waals surface area contributed by atoms with E-state index in [2.05, 4.69) is 21.2 Å². The van der Waals surface area contributed by atoms with Gasteiger partial charge in [0.2, 0.25) is 0 Å². The molecular weight excluding hydrogens is 294 g/mol. The van der Waals surface area contributed by atoms with Crippen molar-refractivity contribution in [2.75, 3.05) is 6.54 Å². The molecule has 1 aromatic heterocycles. The molecule has 0 aliphatic heterocycles. The van der Waals surface area contributed by atoms with Gasteiger partial charge < -0.3 is 9.73 Å². The molecule has 4 heteroatoms. The van der Waals surface area contributed by atoms with E-state index in [0.29, 0.717) is 17.9 Å². The molecule has 2 rings (SSSR count). The topological polar surface area (TPSA) is 42.2 Å². The largest absolute Gasteiger partial charge is 0.469 e. The molecule has 1 heterocycles. The molecule has 1 aromatic carbocycles. The Morgan fingerprint density at radius 2 is 2.06 bits per heavy atom. The summed E-state index contributed by atoms with van der Waals surface area (Å²) in [5, 5.41) is 2.88. The second-order valence-corrected chi connectivity index (χ2v) is 5.08. The van der Waals surface area contributed by atoms with E-state index < -0.39 is 0 Å². The Bertz CT molecular complexity index is 522. The van der Waals surface area contributed by atoms with Crippen LogP contribution in [-0.4, -0.2) is 12.5 Å². The number of carbonyl (C=O) groups excluding carboxylic acids is 1. The number of aryl methyl sites for hydroxylation is 1. The van der Waals surface area contributed by atoms with Gasteiger partial charge in [-0.1, -0.05) is 46.3 Å². The Balaban J connectivity index is 1.93. The first-order valence-electron chi connectivity index (χ1n) is 5.70. The number of amides is 1. The van der Waals surface area contributed by atoms with E-state index in [1.807, 2.05) is 30.3 Å². The van der Waals surface area contributed by atoms with E-state index in [4.69, 9.17) is 4.42 Å². The molecule has 1 N–H and O–H groups in total. The minimum absolute atomic E-state index is 0.106. The van der Waals surface area contributed by atoms with Crippen LogP contribution in [0.5, 0.6) is 0 Å². The van der Waals surface area contributed by atoms with Crippen LogP contribution >= 0.6 is 15.9 Å². The van der Waals surface area contributed by atoms with Gasteiger partial charge in [-0.3, -0.25) is 4.79 Å². The van der Waals surface area contributed by atoms with Crippen LogP contribution in [0.25, 0.3) is 0 Å². The highest BCUT2D eigenvalue weighted by Crippen LogP contribution is 2.21. The summed E-state index contributed by atoms with van der Waals surface area (Å²) in [6.07, 6.45) is 1.52. The molecule has 1 amide bonds. The number of hydrogen-bond acceptors (Lipinski definition) is 2. The van der Waals surface area contributed by atoms with Gasteiger partial charge in [0.05, 0.1) is 16.7 Å². The SMILES string of the molecule is Cc1occc1C(=O)NCC(Br)c1ccccc1. The molecule has 0 saturated heterocycles. The molecule has 0 saturated carbocycles. The monoisotopic (exact) mass is 307 g/mol. The van der Waals surface area contributed by atoms with E-state index in [1.165, 1.54) is 6.26 Å². The fourth-order valence-electron chi connectivity index (χ4n) is 1.68. The predicted octanol–water partition coefficient (Wildman–Crippen LogP) is 3.45. The third-order valence-electron chi connectivity index (χ3n) is 2.71. The Morgan fingerprint density at radius 1 is 1.33 bits per heavy atom. The zero-order chi connectivity index (χ0) is 13.0. The maximum absolute atomic E-state index is 11.9. The van der Waals surface area contributed by atoms with Gasteiger partial charge in [0.25, 0.3) is 5.91 Å². The van der Waals surface area contributed by atoms with Gasteiger partial charge in [-0.05, 0) is 18.6 Å². The van der Waals surface area contributed by atoms with Gasteiger partial charge in [-0.15, -0.1) is 0 Å². The minimum atomic E-state index is -0.110. The third kappa shape index (κ3) is 3.01. The highest BCUT2D eigenvalue weighted by Gasteiger charge is 2.13. The average Bonchev–Trinajstić information content (AvgIpc) is 2.83. The number of benzene rings is 1. The summed E-state index contributed by atoms with van der Waals surface area (Å²) in [4.78, 5) is 12.0. The molecule has 0 spiro atoms. The van der Waals surface area contributed by atoms with Crippen molar-refractivity contribution >= 4 is 21.8 Å². The van der Waals surface area contributed by atoms with Crippen molar-refractivity contribution in [3.63, 3.8) is 0 Å². The van der Waals surface area contributed by atoms with Gasteiger partial charge in [-0.2, -0.15) is 0 Å². The first kappa shape index (κ1) is 12.9. The molecule has 1 atom stereocenters. The number of hydrogen-bond donors (Lipinski definition) is 1. The minimum Gasteiger partial charge on any atom is -0.469 e. The number of alkyl halides is 1. The molecule has 94 valence electrons. The van der Waals surface area contributed by atoms with Gasteiger partial charge in [0.15, 0.2) is 0 Å². The molecule has 1 unspecified atom stereocenters. The highest BCUT2D eigenvalue weighted by atomic mass is 79.9.